The van der Waals surface area contributed by atoms with Crippen molar-refractivity contribution >= 4 is 35.0 Å². The van der Waals surface area contributed by atoms with Gasteiger partial charge in [0.1, 0.15) is 23.7 Å². The van der Waals surface area contributed by atoms with Gasteiger partial charge in [0.25, 0.3) is 0 Å². The van der Waals surface area contributed by atoms with Gasteiger partial charge in [-0.2, -0.15) is 0 Å². The number of alkyl carbamates (subject to hydrolysis) is 2. The number of imidazole rings is 2. The van der Waals surface area contributed by atoms with Gasteiger partial charge in [0, 0.05) is 12.1 Å². The van der Waals surface area contributed by atoms with Crippen LogP contribution in [0.2, 0.25) is 0 Å². The third kappa shape index (κ3) is 8.03. The number of hydrogen-bond acceptors (Lipinski definition) is 8. The molecule has 2 aromatic heterocycles. The van der Waals surface area contributed by atoms with Crippen LogP contribution in [0.3, 0.4) is 0 Å². The first-order chi connectivity index (χ1) is 31.3. The van der Waals surface area contributed by atoms with Gasteiger partial charge in [0.05, 0.1) is 49.2 Å². The van der Waals surface area contributed by atoms with Gasteiger partial charge in [-0.15, -0.1) is 0 Å². The zero-order chi connectivity index (χ0) is 45.8. The monoisotopic (exact) mass is 882 g/mol. The van der Waals surface area contributed by atoms with Crippen LogP contribution < -0.4 is 10.6 Å². The molecule has 14 heteroatoms. The molecular formula is C51H62N8O6. The lowest BCUT2D eigenvalue weighted by atomic mass is 9.81. The summed E-state index contributed by atoms with van der Waals surface area (Å²) in [5.74, 6) is 2.06. The van der Waals surface area contributed by atoms with E-state index in [0.29, 0.717) is 11.8 Å². The first kappa shape index (κ1) is 44.0. The number of ether oxygens (including phenoxy) is 2. The highest BCUT2D eigenvalue weighted by atomic mass is 16.5. The SMILES string of the molecule is COC(=O)N[C@H](C(=O)N1[C@@H](C)CC[C@H]1c1ncc(-c2ccc(-c3ccc(-c4ccc5[nH]c([C@@H]6CC[C@H](C)N6C(=O)[C@@H](NC(=O)OC)C(C)C)nc5c4)c4c3[C@H]3CCC4C3)cc2)[nH]1)C(C)C. The summed E-state index contributed by atoms with van der Waals surface area (Å²) in [6, 6.07) is 17.9. The number of fused-ring (bicyclic) bond motifs is 6. The summed E-state index contributed by atoms with van der Waals surface area (Å²) in [6.45, 7) is 11.8. The van der Waals surface area contributed by atoms with Crippen molar-refractivity contribution in [3.8, 4) is 33.5 Å². The number of nitrogens with one attached hydrogen (secondary N) is 4. The number of benzene rings is 3. The molecule has 4 aliphatic rings. The molecule has 1 unspecified atom stereocenters. The average Bonchev–Trinajstić information content (AvgIpc) is 4.18. The van der Waals surface area contributed by atoms with Crippen LogP contribution in [0.4, 0.5) is 9.59 Å². The molecule has 2 aliphatic carbocycles. The van der Waals surface area contributed by atoms with Crippen LogP contribution in [-0.4, -0.2) is 92.1 Å². The van der Waals surface area contributed by atoms with Crippen LogP contribution in [0.1, 0.15) is 133 Å². The molecule has 3 aromatic carbocycles. The predicted octanol–water partition coefficient (Wildman–Crippen LogP) is 9.52. The second kappa shape index (κ2) is 17.7. The van der Waals surface area contributed by atoms with Crippen LogP contribution in [0, 0.1) is 11.8 Å². The molecule has 5 aromatic rings. The van der Waals surface area contributed by atoms with Crippen molar-refractivity contribution in [1.82, 2.24) is 40.4 Å². The number of hydrogen-bond donors (Lipinski definition) is 4. The average molecular weight is 883 g/mol. The molecule has 0 radical (unpaired) electrons. The van der Waals surface area contributed by atoms with E-state index in [1.54, 1.807) is 0 Å². The molecule has 3 fully saturated rings. The van der Waals surface area contributed by atoms with E-state index in [-0.39, 0.29) is 47.8 Å². The van der Waals surface area contributed by atoms with E-state index in [1.807, 2.05) is 50.6 Å². The fourth-order valence-corrected chi connectivity index (χ4v) is 11.3. The van der Waals surface area contributed by atoms with Crippen molar-refractivity contribution in [2.24, 2.45) is 11.8 Å². The Hall–Kier alpha value is -6.18. The summed E-state index contributed by atoms with van der Waals surface area (Å²) < 4.78 is 9.67. The van der Waals surface area contributed by atoms with Crippen molar-refractivity contribution in [2.45, 2.75) is 135 Å². The first-order valence-electron chi connectivity index (χ1n) is 23.4. The maximum absolute atomic E-state index is 14.0. The maximum Gasteiger partial charge on any atom is 0.407 e. The molecule has 8 atom stereocenters. The topological polar surface area (TPSA) is 175 Å². The largest absolute Gasteiger partial charge is 0.453 e. The van der Waals surface area contributed by atoms with Crippen LogP contribution in [0.25, 0.3) is 44.5 Å². The quantitative estimate of drug-likeness (QED) is 0.101. The van der Waals surface area contributed by atoms with E-state index in [4.69, 9.17) is 19.4 Å². The van der Waals surface area contributed by atoms with Gasteiger partial charge >= 0.3 is 12.2 Å². The molecule has 0 spiro atoms. The maximum atomic E-state index is 14.0. The molecule has 342 valence electrons. The van der Waals surface area contributed by atoms with Gasteiger partial charge in [-0.3, -0.25) is 9.59 Å². The van der Waals surface area contributed by atoms with Gasteiger partial charge in [-0.1, -0.05) is 70.2 Å². The van der Waals surface area contributed by atoms with Crippen molar-refractivity contribution < 1.29 is 28.7 Å². The fourth-order valence-electron chi connectivity index (χ4n) is 11.3. The van der Waals surface area contributed by atoms with Crippen molar-refractivity contribution in [3.63, 3.8) is 0 Å². The van der Waals surface area contributed by atoms with Crippen molar-refractivity contribution in [1.29, 1.82) is 0 Å². The summed E-state index contributed by atoms with van der Waals surface area (Å²) >= 11 is 0. The van der Waals surface area contributed by atoms with Crippen molar-refractivity contribution in [2.75, 3.05) is 14.2 Å². The van der Waals surface area contributed by atoms with Gasteiger partial charge < -0.3 is 39.9 Å². The normalized spacial score (nSPS) is 23.3. The molecule has 65 heavy (non-hydrogen) atoms. The summed E-state index contributed by atoms with van der Waals surface area (Å²) in [5, 5.41) is 5.50. The van der Waals surface area contributed by atoms with Crippen LogP contribution in [-0.2, 0) is 19.1 Å². The molecule has 4 N–H and O–H groups in total. The number of H-pyrrole nitrogens is 2. The standard InChI is InChI=1S/C51H62N8O6/c1-26(2)44(56-50(62)64-7)48(60)58-28(5)9-21-40(58)46-52-25-39(55-46)31-13-11-30(12-14-31)35-18-19-36(43-34-16-15-33(23-34)42(35)43)32-17-20-37-38(24-32)54-47(53-37)41-22-10-29(6)59(41)49(61)45(27(3)4)57-51(63)65-8/h11-14,17-20,24-29,33-34,40-41,44-45H,9-10,15-16,21-23H2,1-8H3,(H,52,55)(H,53,54)(H,56,62)(H,57,63)/t28-,29-,33-,34?,40-,41-,44-,45-/m0/s1. The van der Waals surface area contributed by atoms with Gasteiger partial charge in [0.2, 0.25) is 11.8 Å². The van der Waals surface area contributed by atoms with E-state index in [1.165, 1.54) is 61.3 Å². The zero-order valence-corrected chi connectivity index (χ0v) is 38.7. The highest BCUT2D eigenvalue weighted by Gasteiger charge is 2.44. The summed E-state index contributed by atoms with van der Waals surface area (Å²) in [6.07, 6.45) is 7.42. The second-order valence-electron chi connectivity index (χ2n) is 19.4. The number of rotatable bonds is 11. The molecule has 2 aliphatic heterocycles. The Labute approximate surface area is 380 Å². The molecule has 14 nitrogen and oxygen atoms in total. The van der Waals surface area contributed by atoms with E-state index in [9.17, 15) is 19.2 Å². The fraction of sp³-hybridized carbons (Fsp3) is 0.490. The minimum Gasteiger partial charge on any atom is -0.453 e. The molecule has 1 saturated carbocycles. The molecule has 2 bridgehead atoms. The van der Waals surface area contributed by atoms with E-state index in [2.05, 4.69) is 82.1 Å². The number of aromatic amines is 2. The minimum atomic E-state index is -0.704. The predicted molar refractivity (Wildman–Crippen MR) is 249 cm³/mol. The molecule has 4 amide bonds. The molecule has 2 saturated heterocycles. The minimum absolute atomic E-state index is 0.00141. The number of amides is 4. The number of methoxy groups -OCH3 is 2. The molecule has 9 rings (SSSR count). The number of aromatic nitrogens is 4. The third-order valence-electron chi connectivity index (χ3n) is 14.7. The number of likely N-dealkylation sites (tertiary alicyclic amines) is 2. The second-order valence-corrected chi connectivity index (χ2v) is 19.4. The first-order valence-corrected chi connectivity index (χ1v) is 23.4. The Bertz CT molecular complexity index is 2620. The smallest absolute Gasteiger partial charge is 0.407 e. The number of carbonyl (C=O) groups excluding carboxylic acids is 4. The van der Waals surface area contributed by atoms with Crippen molar-refractivity contribution in [3.05, 3.63) is 83.6 Å². The van der Waals surface area contributed by atoms with Gasteiger partial charge in [-0.05, 0) is 134 Å². The van der Waals surface area contributed by atoms with E-state index < -0.39 is 24.3 Å². The molecule has 4 heterocycles. The Kier molecular flexibility index (Phi) is 12.0. The van der Waals surface area contributed by atoms with Gasteiger partial charge in [-0.25, -0.2) is 19.6 Å². The number of nitrogens with zero attached hydrogens (tertiary/aromatic N) is 4. The summed E-state index contributed by atoms with van der Waals surface area (Å²) in [4.78, 5) is 73.0. The van der Waals surface area contributed by atoms with E-state index in [0.717, 1.165) is 65.2 Å². The highest BCUT2D eigenvalue weighted by Crippen LogP contribution is 2.58. The third-order valence-corrected chi connectivity index (χ3v) is 14.7. The number of carbonyl (C=O) groups is 4. The lowest BCUT2D eigenvalue weighted by Gasteiger charge is -2.32. The Morgan fingerprint density at radius 1 is 0.646 bits per heavy atom. The Morgan fingerprint density at radius 2 is 1.15 bits per heavy atom. The van der Waals surface area contributed by atoms with E-state index >= 15 is 0 Å². The highest BCUT2D eigenvalue weighted by molar-refractivity contribution is 5.89. The zero-order valence-electron chi connectivity index (χ0n) is 38.7. The van der Waals surface area contributed by atoms with Crippen LogP contribution >= 0.6 is 0 Å². The van der Waals surface area contributed by atoms with Gasteiger partial charge in [0.15, 0.2) is 0 Å². The molecular weight excluding hydrogens is 821 g/mol. The lowest BCUT2D eigenvalue weighted by molar-refractivity contribution is -0.138. The Balaban J connectivity index is 0.960. The lowest BCUT2D eigenvalue weighted by Crippen LogP contribution is -2.52. The van der Waals surface area contributed by atoms with Crippen LogP contribution in [0.5, 0.6) is 0 Å². The Morgan fingerprint density at radius 3 is 1.69 bits per heavy atom. The summed E-state index contributed by atoms with van der Waals surface area (Å²) in [5.41, 5.74) is 11.5. The van der Waals surface area contributed by atoms with Crippen LogP contribution in [0.15, 0.2) is 60.8 Å². The summed E-state index contributed by atoms with van der Waals surface area (Å²) in [7, 11) is 2.61.